The van der Waals surface area contributed by atoms with E-state index >= 15 is 0 Å². The van der Waals surface area contributed by atoms with Gasteiger partial charge >= 0.3 is 12.1 Å². The van der Waals surface area contributed by atoms with Crippen LogP contribution in [0.15, 0.2) is 58.8 Å². The molecule has 4 atom stereocenters. The topological polar surface area (TPSA) is 384 Å². The van der Waals surface area contributed by atoms with Crippen LogP contribution in [0.4, 0.5) is 4.79 Å². The lowest BCUT2D eigenvalue weighted by Gasteiger charge is -2.21. The minimum absolute atomic E-state index is 0.00659. The number of amides is 7. The minimum Gasteiger partial charge on any atom is -0.462 e. The molecule has 0 heterocycles. The van der Waals surface area contributed by atoms with Crippen molar-refractivity contribution in [3.05, 3.63) is 70.8 Å². The van der Waals surface area contributed by atoms with Gasteiger partial charge in [0, 0.05) is 88.4 Å². The molecule has 0 aromatic heterocycles. The van der Waals surface area contributed by atoms with Crippen LogP contribution in [0.1, 0.15) is 189 Å². The van der Waals surface area contributed by atoms with Gasteiger partial charge in [-0.15, -0.1) is 0 Å². The maximum atomic E-state index is 12.7. The van der Waals surface area contributed by atoms with E-state index in [0.717, 1.165) is 56.3 Å². The van der Waals surface area contributed by atoms with Crippen LogP contribution >= 0.6 is 0 Å². The number of nitrogens with zero attached hydrogens (tertiary/aromatic N) is 2. The first-order chi connectivity index (χ1) is 50.3. The molecule has 7 amide bonds. The molecule has 0 bridgehead atoms. The Labute approximate surface area is 617 Å². The zero-order valence-corrected chi connectivity index (χ0v) is 63.5. The number of primary amides is 2. The number of carbonyl (C=O) groups is 8. The molecular formula is C75H127N9O20. The Morgan fingerprint density at radius 2 is 0.837 bits per heavy atom. The van der Waals surface area contributed by atoms with Crippen molar-refractivity contribution in [3.63, 3.8) is 0 Å². The number of ether oxygens (including phenoxy) is 10. The number of hydrogen-bond donors (Lipinski definition) is 7. The summed E-state index contributed by atoms with van der Waals surface area (Å²) in [6.45, 7) is 24.0. The number of carbonyl (C=O) groups excluding carboxylic acids is 8. The van der Waals surface area contributed by atoms with E-state index < -0.39 is 30.0 Å². The first-order valence-electron chi connectivity index (χ1n) is 37.2. The molecule has 2 rings (SSSR count). The maximum Gasteiger partial charge on any atom is 0.406 e. The first-order valence-corrected chi connectivity index (χ1v) is 37.2. The van der Waals surface area contributed by atoms with Gasteiger partial charge in [-0.1, -0.05) is 83.0 Å². The molecular weight excluding hydrogens is 1350 g/mol. The number of benzene rings is 2. The van der Waals surface area contributed by atoms with E-state index in [0.29, 0.717) is 199 Å². The van der Waals surface area contributed by atoms with Gasteiger partial charge < -0.3 is 95.1 Å². The summed E-state index contributed by atoms with van der Waals surface area (Å²) in [5.41, 5.74) is 13.7. The Balaban J connectivity index is 0.00000106. The fourth-order valence-corrected chi connectivity index (χ4v) is 9.77. The predicted molar refractivity (Wildman–Crippen MR) is 396 cm³/mol. The molecule has 0 spiro atoms. The van der Waals surface area contributed by atoms with Crippen molar-refractivity contribution in [3.8, 4) is 0 Å². The third-order valence-corrected chi connectivity index (χ3v) is 15.4. The highest BCUT2D eigenvalue weighted by Crippen LogP contribution is 2.18. The van der Waals surface area contributed by atoms with E-state index in [-0.39, 0.29) is 74.3 Å². The Kier molecular flexibility index (Phi) is 59.3. The highest BCUT2D eigenvalue weighted by atomic mass is 16.6. The second kappa shape index (κ2) is 65.2. The molecule has 592 valence electrons. The summed E-state index contributed by atoms with van der Waals surface area (Å²) in [5, 5.41) is 21.7. The molecule has 0 aliphatic heterocycles. The lowest BCUT2D eigenvalue weighted by atomic mass is 9.93. The summed E-state index contributed by atoms with van der Waals surface area (Å²) in [6, 6.07) is 12.9. The molecule has 104 heavy (non-hydrogen) atoms. The van der Waals surface area contributed by atoms with Gasteiger partial charge in [0.05, 0.1) is 79.3 Å². The maximum absolute atomic E-state index is 12.7. The monoisotopic (exact) mass is 1470 g/mol. The van der Waals surface area contributed by atoms with Gasteiger partial charge in [0.2, 0.25) is 23.6 Å². The first kappa shape index (κ1) is 94.6. The second-order valence-corrected chi connectivity index (χ2v) is 25.3. The van der Waals surface area contributed by atoms with E-state index in [9.17, 15) is 38.4 Å². The molecule has 0 aliphatic rings. The molecule has 0 saturated carbocycles. The van der Waals surface area contributed by atoms with E-state index in [4.69, 9.17) is 68.5 Å². The SMILES string of the molecule is CCCOCCOCCOCCOCCC/C=N\OCc1cccc(C(=O)NCCCC[C@H](NC(=O)[C@@H](CC)CC(C)C)C(N)=O)c1.CC[C@@H](CC(C)C)C(=O)N[C@@H](CCCCNC(=O)c1cccc(CO/N=C/CCCOCCOCCOCCOCCCC(=O)OCCOC(=O)NC)c1)C(N)=O. The number of nitrogens with two attached hydrogens (primary N) is 2. The van der Waals surface area contributed by atoms with Gasteiger partial charge in [0.25, 0.3) is 11.8 Å². The molecule has 0 saturated heterocycles. The van der Waals surface area contributed by atoms with Crippen molar-refractivity contribution in [1.29, 1.82) is 0 Å². The van der Waals surface area contributed by atoms with Crippen LogP contribution < -0.4 is 38.1 Å². The molecule has 2 aromatic rings. The molecule has 29 heteroatoms. The minimum atomic E-state index is -0.728. The number of esters is 1. The fourth-order valence-electron chi connectivity index (χ4n) is 9.77. The van der Waals surface area contributed by atoms with Crippen molar-refractivity contribution in [2.24, 2.45) is 45.5 Å². The Morgan fingerprint density at radius 3 is 1.20 bits per heavy atom. The number of rotatable bonds is 65. The van der Waals surface area contributed by atoms with Crippen LogP contribution in [0.25, 0.3) is 0 Å². The number of oxime groups is 2. The molecule has 9 N–H and O–H groups in total. The van der Waals surface area contributed by atoms with Gasteiger partial charge in [-0.25, -0.2) is 4.79 Å². The zero-order chi connectivity index (χ0) is 76.5. The van der Waals surface area contributed by atoms with Gasteiger partial charge in [0.15, 0.2) is 0 Å². The average Bonchev–Trinajstić information content (AvgIpc) is 0.905. The fraction of sp³-hybridized carbons (Fsp3) is 0.707. The highest BCUT2D eigenvalue weighted by molar-refractivity contribution is 5.95. The second-order valence-electron chi connectivity index (χ2n) is 25.3. The standard InChI is InChI=1S/C40H67N5O12.C35H60N4O8/c1-5-33(28-31(2)3)39(49)45-35(37(41)47)14-6-7-16-43-38(48)34-13-10-12-32(29-34)30-57-44-17-8-9-18-51-20-22-53-24-25-54-23-21-52-19-11-15-36(46)55-26-27-56-40(50)42-4;1-5-17-43-19-21-45-23-24-46-22-20-44-18-10-9-16-38-47-27-29-12-11-13-31(26-29)34(41)37-15-8-7-14-32(33(36)40)39-35(42)30(6-2)25-28(3)4/h10,12-13,17,29,31,33,35H,5-9,11,14-16,18-28,30H2,1-4H3,(H2,41,47)(H,42,50)(H,43,48)(H,45,49);11-13,16,26,28,30,32H,5-10,14-15,17-25,27H2,1-4H3,(H2,36,40)(H,37,41)(H,39,42)/b44-17+;38-16-/t33-,35-;30-,32-/m00/s1. The van der Waals surface area contributed by atoms with Crippen molar-refractivity contribution < 1.29 is 95.4 Å². The van der Waals surface area contributed by atoms with Crippen LogP contribution in [0.2, 0.25) is 0 Å². The number of alkyl carbamates (subject to hydrolysis) is 1. The van der Waals surface area contributed by atoms with Gasteiger partial charge in [-0.05, 0) is 150 Å². The third kappa shape index (κ3) is 53.4. The van der Waals surface area contributed by atoms with E-state index in [1.807, 2.05) is 26.0 Å². The third-order valence-electron chi connectivity index (χ3n) is 15.4. The van der Waals surface area contributed by atoms with Crippen LogP contribution in [0.3, 0.4) is 0 Å². The molecule has 0 aliphatic carbocycles. The number of nitrogens with one attached hydrogen (secondary N) is 5. The van der Waals surface area contributed by atoms with Crippen LogP contribution in [-0.4, -0.2) is 211 Å². The average molecular weight is 1470 g/mol. The largest absolute Gasteiger partial charge is 0.462 e. The molecule has 0 fully saturated rings. The Bertz CT molecular complexity index is 2660. The summed E-state index contributed by atoms with van der Waals surface area (Å²) >= 11 is 0. The van der Waals surface area contributed by atoms with Gasteiger partial charge in [0.1, 0.15) is 38.5 Å². The molecule has 29 nitrogen and oxygen atoms in total. The number of hydrogen-bond acceptors (Lipinski definition) is 22. The molecule has 0 radical (unpaired) electrons. The summed E-state index contributed by atoms with van der Waals surface area (Å²) in [6.07, 6.45) is 13.9. The Morgan fingerprint density at radius 1 is 0.462 bits per heavy atom. The highest BCUT2D eigenvalue weighted by Gasteiger charge is 2.25. The number of unbranched alkanes of at least 4 members (excludes halogenated alkanes) is 4. The lowest BCUT2D eigenvalue weighted by molar-refractivity contribution is -0.145. The predicted octanol–water partition coefficient (Wildman–Crippen LogP) is 8.05. The van der Waals surface area contributed by atoms with Gasteiger partial charge in [-0.2, -0.15) is 0 Å². The van der Waals surface area contributed by atoms with Crippen LogP contribution in [0.5, 0.6) is 0 Å². The van der Waals surface area contributed by atoms with Crippen molar-refractivity contribution >= 4 is 59.9 Å². The quantitative estimate of drug-likeness (QED) is 0.0142. The van der Waals surface area contributed by atoms with E-state index in [1.54, 1.807) is 48.8 Å². The summed E-state index contributed by atoms with van der Waals surface area (Å²) in [4.78, 5) is 108. The lowest BCUT2D eigenvalue weighted by Crippen LogP contribution is -2.46. The van der Waals surface area contributed by atoms with Crippen molar-refractivity contribution in [1.82, 2.24) is 26.6 Å². The smallest absolute Gasteiger partial charge is 0.406 e. The summed E-state index contributed by atoms with van der Waals surface area (Å²) in [7, 11) is 1.45. The van der Waals surface area contributed by atoms with E-state index in [1.165, 1.54) is 7.05 Å². The van der Waals surface area contributed by atoms with E-state index in [2.05, 4.69) is 71.5 Å². The van der Waals surface area contributed by atoms with Gasteiger partial charge in [-0.3, -0.25) is 33.6 Å². The van der Waals surface area contributed by atoms with Crippen LogP contribution in [-0.2, 0) is 94.2 Å². The summed E-state index contributed by atoms with van der Waals surface area (Å²) < 4.78 is 53.4. The van der Waals surface area contributed by atoms with Crippen molar-refractivity contribution in [2.75, 3.05) is 139 Å². The zero-order valence-electron chi connectivity index (χ0n) is 63.5. The molecule has 0 unspecified atom stereocenters. The normalized spacial score (nSPS) is 12.4. The van der Waals surface area contributed by atoms with Crippen LogP contribution in [0, 0.1) is 23.7 Å². The Hall–Kier alpha value is -7.38. The summed E-state index contributed by atoms with van der Waals surface area (Å²) in [5.74, 6) is -1.66. The molecule has 2 aromatic carbocycles. The van der Waals surface area contributed by atoms with Crippen molar-refractivity contribution in [2.45, 2.75) is 183 Å².